The second-order valence-corrected chi connectivity index (χ2v) is 4.98. The molecule has 0 spiro atoms. The van der Waals surface area contributed by atoms with Crippen molar-refractivity contribution in [3.05, 3.63) is 45.9 Å². The summed E-state index contributed by atoms with van der Waals surface area (Å²) in [6, 6.07) is 5.66. The lowest BCUT2D eigenvalue weighted by Gasteiger charge is -2.14. The zero-order valence-electron chi connectivity index (χ0n) is 11.0. The lowest BCUT2D eigenvalue weighted by Crippen LogP contribution is -2.15. The Morgan fingerprint density at radius 3 is 2.68 bits per heavy atom. The Hall–Kier alpha value is -1.88. The van der Waals surface area contributed by atoms with Crippen molar-refractivity contribution in [2.75, 3.05) is 14.2 Å². The largest absolute Gasteiger partial charge is 0.496 e. The van der Waals surface area contributed by atoms with Gasteiger partial charge in [0, 0.05) is 11.6 Å². The summed E-state index contributed by atoms with van der Waals surface area (Å²) in [4.78, 5) is 16.2. The number of aromatic nitrogens is 1. The molecule has 0 N–H and O–H groups in total. The van der Waals surface area contributed by atoms with Gasteiger partial charge in [0.1, 0.15) is 16.7 Å². The van der Waals surface area contributed by atoms with E-state index in [1.165, 1.54) is 18.4 Å². The first kappa shape index (κ1) is 13.5. The minimum atomic E-state index is -0.477. The summed E-state index contributed by atoms with van der Waals surface area (Å²) in [5, 5.41) is 2.58. The number of benzene rings is 1. The standard InChI is InChI=1S/C14H15NO3S/c1-9-8-10(4-5-11(9)17-2)12(14(16)18-3)13-15-6-7-19-13/h4-8,12H,1-3H3. The Morgan fingerprint density at radius 1 is 1.37 bits per heavy atom. The highest BCUT2D eigenvalue weighted by Crippen LogP contribution is 2.30. The predicted molar refractivity (Wildman–Crippen MR) is 73.7 cm³/mol. The van der Waals surface area contributed by atoms with Crippen LogP contribution in [-0.4, -0.2) is 25.2 Å². The molecule has 0 bridgehead atoms. The van der Waals surface area contributed by atoms with Crippen LogP contribution in [0.1, 0.15) is 22.1 Å². The molecule has 1 aromatic heterocycles. The molecule has 0 radical (unpaired) electrons. The first-order valence-electron chi connectivity index (χ1n) is 5.79. The highest BCUT2D eigenvalue weighted by molar-refractivity contribution is 7.09. The Kier molecular flexibility index (Phi) is 4.16. The van der Waals surface area contributed by atoms with Gasteiger partial charge in [-0.2, -0.15) is 0 Å². The van der Waals surface area contributed by atoms with Gasteiger partial charge in [0.25, 0.3) is 0 Å². The van der Waals surface area contributed by atoms with E-state index in [0.29, 0.717) is 0 Å². The van der Waals surface area contributed by atoms with E-state index in [0.717, 1.165) is 21.9 Å². The third kappa shape index (κ3) is 2.76. The van der Waals surface area contributed by atoms with Crippen LogP contribution in [0.2, 0.25) is 0 Å². The average molecular weight is 277 g/mol. The van der Waals surface area contributed by atoms with Gasteiger partial charge in [-0.25, -0.2) is 4.98 Å². The zero-order valence-corrected chi connectivity index (χ0v) is 11.9. The fourth-order valence-electron chi connectivity index (χ4n) is 1.96. The molecule has 0 saturated carbocycles. The Morgan fingerprint density at radius 2 is 2.16 bits per heavy atom. The molecule has 100 valence electrons. The monoisotopic (exact) mass is 277 g/mol. The Bertz CT molecular complexity index is 566. The predicted octanol–water partition coefficient (Wildman–Crippen LogP) is 2.77. The molecule has 0 fully saturated rings. The highest BCUT2D eigenvalue weighted by Gasteiger charge is 2.26. The SMILES string of the molecule is COC(=O)C(c1ccc(OC)c(C)c1)c1nccs1. The van der Waals surface area contributed by atoms with Crippen molar-refractivity contribution in [2.24, 2.45) is 0 Å². The first-order chi connectivity index (χ1) is 9.17. The summed E-state index contributed by atoms with van der Waals surface area (Å²) in [7, 11) is 3.01. The molecule has 0 aliphatic heterocycles. The van der Waals surface area contributed by atoms with Crippen LogP contribution >= 0.6 is 11.3 Å². The van der Waals surface area contributed by atoms with E-state index in [9.17, 15) is 4.79 Å². The number of thiazole rings is 1. The smallest absolute Gasteiger partial charge is 0.320 e. The minimum absolute atomic E-state index is 0.306. The third-order valence-electron chi connectivity index (χ3n) is 2.89. The van der Waals surface area contributed by atoms with E-state index >= 15 is 0 Å². The molecule has 0 saturated heterocycles. The van der Waals surface area contributed by atoms with E-state index in [-0.39, 0.29) is 5.97 Å². The van der Waals surface area contributed by atoms with Crippen LogP contribution in [0.4, 0.5) is 0 Å². The van der Waals surface area contributed by atoms with Gasteiger partial charge in [0.05, 0.1) is 14.2 Å². The molecule has 1 heterocycles. The Labute approximate surface area is 116 Å². The number of aryl methyl sites for hydroxylation is 1. The molecule has 5 heteroatoms. The molecule has 2 rings (SSSR count). The van der Waals surface area contributed by atoms with Gasteiger partial charge in [-0.15, -0.1) is 11.3 Å². The quantitative estimate of drug-likeness (QED) is 0.806. The second kappa shape index (κ2) is 5.84. The molecule has 1 atom stereocenters. The number of esters is 1. The van der Waals surface area contributed by atoms with Crippen molar-refractivity contribution >= 4 is 17.3 Å². The number of hydrogen-bond donors (Lipinski definition) is 0. The van der Waals surface area contributed by atoms with Gasteiger partial charge in [0.2, 0.25) is 0 Å². The summed E-state index contributed by atoms with van der Waals surface area (Å²) in [5.74, 6) is 0.0145. The van der Waals surface area contributed by atoms with Crippen molar-refractivity contribution in [3.63, 3.8) is 0 Å². The fraction of sp³-hybridized carbons (Fsp3) is 0.286. The number of methoxy groups -OCH3 is 2. The van der Waals surface area contributed by atoms with Crippen LogP contribution in [0.15, 0.2) is 29.8 Å². The fourth-order valence-corrected chi connectivity index (χ4v) is 2.71. The van der Waals surface area contributed by atoms with Crippen molar-refractivity contribution in [1.82, 2.24) is 4.98 Å². The maximum atomic E-state index is 12.0. The summed E-state index contributed by atoms with van der Waals surface area (Å²) in [6.07, 6.45) is 1.69. The number of hydrogen-bond acceptors (Lipinski definition) is 5. The number of carbonyl (C=O) groups is 1. The van der Waals surface area contributed by atoms with E-state index in [2.05, 4.69) is 4.98 Å². The topological polar surface area (TPSA) is 48.4 Å². The third-order valence-corrected chi connectivity index (χ3v) is 3.73. The molecule has 0 amide bonds. The second-order valence-electron chi connectivity index (χ2n) is 4.06. The van der Waals surface area contributed by atoms with Gasteiger partial charge in [0.15, 0.2) is 0 Å². The summed E-state index contributed by atoms with van der Waals surface area (Å²) < 4.78 is 10.1. The molecule has 0 aliphatic carbocycles. The van der Waals surface area contributed by atoms with Crippen LogP contribution < -0.4 is 4.74 Å². The van der Waals surface area contributed by atoms with Gasteiger partial charge in [-0.05, 0) is 24.1 Å². The molecular weight excluding hydrogens is 262 g/mol. The van der Waals surface area contributed by atoms with Crippen molar-refractivity contribution in [1.29, 1.82) is 0 Å². The molecule has 1 unspecified atom stereocenters. The van der Waals surface area contributed by atoms with Crippen molar-refractivity contribution in [2.45, 2.75) is 12.8 Å². The van der Waals surface area contributed by atoms with Crippen molar-refractivity contribution < 1.29 is 14.3 Å². The van der Waals surface area contributed by atoms with Crippen LogP contribution in [0.3, 0.4) is 0 Å². The van der Waals surface area contributed by atoms with E-state index < -0.39 is 5.92 Å². The lowest BCUT2D eigenvalue weighted by atomic mass is 9.97. The van der Waals surface area contributed by atoms with Gasteiger partial charge >= 0.3 is 5.97 Å². The van der Waals surface area contributed by atoms with E-state index in [1.54, 1.807) is 13.3 Å². The lowest BCUT2D eigenvalue weighted by molar-refractivity contribution is -0.141. The number of ether oxygens (including phenoxy) is 2. The van der Waals surface area contributed by atoms with E-state index in [4.69, 9.17) is 9.47 Å². The van der Waals surface area contributed by atoms with Crippen LogP contribution in [0.25, 0.3) is 0 Å². The highest BCUT2D eigenvalue weighted by atomic mass is 32.1. The van der Waals surface area contributed by atoms with Crippen molar-refractivity contribution in [3.8, 4) is 5.75 Å². The summed E-state index contributed by atoms with van der Waals surface area (Å²) in [6.45, 7) is 1.94. The normalized spacial score (nSPS) is 11.9. The summed E-state index contributed by atoms with van der Waals surface area (Å²) in [5.41, 5.74) is 1.84. The minimum Gasteiger partial charge on any atom is -0.496 e. The molecule has 0 aliphatic rings. The number of rotatable bonds is 4. The van der Waals surface area contributed by atoms with Gasteiger partial charge in [-0.1, -0.05) is 12.1 Å². The average Bonchev–Trinajstić information content (AvgIpc) is 2.93. The maximum Gasteiger partial charge on any atom is 0.320 e. The van der Waals surface area contributed by atoms with Gasteiger partial charge in [-0.3, -0.25) is 4.79 Å². The Balaban J connectivity index is 2.44. The van der Waals surface area contributed by atoms with Crippen LogP contribution in [0.5, 0.6) is 5.75 Å². The van der Waals surface area contributed by atoms with Crippen LogP contribution in [0, 0.1) is 6.92 Å². The summed E-state index contributed by atoms with van der Waals surface area (Å²) >= 11 is 1.44. The van der Waals surface area contributed by atoms with E-state index in [1.807, 2.05) is 30.5 Å². The molecule has 1 aromatic carbocycles. The zero-order chi connectivity index (χ0) is 13.8. The van der Waals surface area contributed by atoms with Gasteiger partial charge < -0.3 is 9.47 Å². The molecule has 19 heavy (non-hydrogen) atoms. The first-order valence-corrected chi connectivity index (χ1v) is 6.67. The molecule has 2 aromatic rings. The van der Waals surface area contributed by atoms with Crippen LogP contribution in [-0.2, 0) is 9.53 Å². The molecular formula is C14H15NO3S. The maximum absolute atomic E-state index is 12.0. The number of carbonyl (C=O) groups excluding carboxylic acids is 1. The number of nitrogens with zero attached hydrogens (tertiary/aromatic N) is 1. The molecule has 4 nitrogen and oxygen atoms in total.